The van der Waals surface area contributed by atoms with Gasteiger partial charge in [-0.3, -0.25) is 4.79 Å². The van der Waals surface area contributed by atoms with Crippen LogP contribution in [0, 0.1) is 5.92 Å². The van der Waals surface area contributed by atoms with E-state index < -0.39 is 0 Å². The van der Waals surface area contributed by atoms with Gasteiger partial charge in [0.2, 0.25) is 0 Å². The number of hydrogen-bond donors (Lipinski definition) is 1. The lowest BCUT2D eigenvalue weighted by atomic mass is 10.1. The van der Waals surface area contributed by atoms with Crippen molar-refractivity contribution in [2.24, 2.45) is 5.92 Å². The Hall–Kier alpha value is -1.75. The first-order valence-corrected chi connectivity index (χ1v) is 7.57. The zero-order chi connectivity index (χ0) is 14.8. The van der Waals surface area contributed by atoms with E-state index in [2.05, 4.69) is 4.90 Å². The second kappa shape index (κ2) is 5.93. The summed E-state index contributed by atoms with van der Waals surface area (Å²) >= 11 is 0. The van der Waals surface area contributed by atoms with Gasteiger partial charge in [-0.25, -0.2) is 0 Å². The number of likely N-dealkylation sites (N-methyl/N-ethyl adjacent to an activating group) is 1. The Kier molecular flexibility index (Phi) is 4.01. The molecule has 0 aliphatic carbocycles. The summed E-state index contributed by atoms with van der Waals surface area (Å²) in [4.78, 5) is 16.6. The number of fused-ring (bicyclic) bond motifs is 1. The summed E-state index contributed by atoms with van der Waals surface area (Å²) in [6.45, 7) is 3.27. The fourth-order valence-corrected chi connectivity index (χ4v) is 3.10. The predicted molar refractivity (Wildman–Crippen MR) is 80.9 cm³/mol. The van der Waals surface area contributed by atoms with E-state index in [1.165, 1.54) is 0 Å². The van der Waals surface area contributed by atoms with Crippen molar-refractivity contribution in [2.75, 3.05) is 44.8 Å². The molecule has 5 heteroatoms. The van der Waals surface area contributed by atoms with Crippen LogP contribution in [0.2, 0.25) is 0 Å². The molecule has 1 amide bonds. The van der Waals surface area contributed by atoms with Crippen molar-refractivity contribution in [3.63, 3.8) is 0 Å². The standard InChI is InChI=1S/C16H22N2O3/c1-17-7-9-21-15-3-2-13(10-14(15)17)16(20)18-6-4-12(11-18)5-8-19/h2-3,10,12,19H,4-9,11H2,1H3/t12-/m1/s1. The van der Waals surface area contributed by atoms with Crippen molar-refractivity contribution < 1.29 is 14.6 Å². The van der Waals surface area contributed by atoms with Crippen LogP contribution in [0.15, 0.2) is 18.2 Å². The van der Waals surface area contributed by atoms with Gasteiger partial charge < -0.3 is 19.6 Å². The molecule has 1 atom stereocenters. The Morgan fingerprint density at radius 3 is 3.10 bits per heavy atom. The first-order valence-electron chi connectivity index (χ1n) is 7.57. The van der Waals surface area contributed by atoms with Gasteiger partial charge in [0.25, 0.3) is 5.91 Å². The van der Waals surface area contributed by atoms with E-state index in [1.54, 1.807) is 0 Å². The zero-order valence-electron chi connectivity index (χ0n) is 12.4. The third-order valence-electron chi connectivity index (χ3n) is 4.41. The van der Waals surface area contributed by atoms with Crippen molar-refractivity contribution in [3.05, 3.63) is 23.8 Å². The highest BCUT2D eigenvalue weighted by Crippen LogP contribution is 2.32. The molecule has 2 aliphatic heterocycles. The smallest absolute Gasteiger partial charge is 0.253 e. The number of aliphatic hydroxyl groups is 1. The molecular weight excluding hydrogens is 268 g/mol. The summed E-state index contributed by atoms with van der Waals surface area (Å²) < 4.78 is 5.61. The summed E-state index contributed by atoms with van der Waals surface area (Å²) in [6.07, 6.45) is 1.77. The molecule has 5 nitrogen and oxygen atoms in total. The Balaban J connectivity index is 1.75. The second-order valence-electron chi connectivity index (χ2n) is 5.87. The summed E-state index contributed by atoms with van der Waals surface area (Å²) in [6, 6.07) is 5.66. The molecule has 1 aromatic rings. The molecule has 1 N–H and O–H groups in total. The van der Waals surface area contributed by atoms with Crippen LogP contribution in [-0.4, -0.2) is 55.8 Å². The molecule has 21 heavy (non-hydrogen) atoms. The third kappa shape index (κ3) is 2.83. The average molecular weight is 290 g/mol. The van der Waals surface area contributed by atoms with Gasteiger partial charge in [-0.15, -0.1) is 0 Å². The maximum atomic E-state index is 12.6. The molecule has 1 aromatic carbocycles. The molecule has 0 unspecified atom stereocenters. The molecule has 2 heterocycles. The number of hydrogen-bond acceptors (Lipinski definition) is 4. The molecule has 1 saturated heterocycles. The van der Waals surface area contributed by atoms with Crippen LogP contribution >= 0.6 is 0 Å². The second-order valence-corrected chi connectivity index (χ2v) is 5.87. The van der Waals surface area contributed by atoms with Crippen LogP contribution in [-0.2, 0) is 0 Å². The average Bonchev–Trinajstić information content (AvgIpc) is 2.96. The Bertz CT molecular complexity index is 532. The molecule has 0 aromatic heterocycles. The van der Waals surface area contributed by atoms with E-state index in [9.17, 15) is 4.79 Å². The fourth-order valence-electron chi connectivity index (χ4n) is 3.10. The number of ether oxygens (including phenoxy) is 1. The minimum atomic E-state index is 0.0808. The molecule has 1 fully saturated rings. The third-order valence-corrected chi connectivity index (χ3v) is 4.41. The molecule has 0 spiro atoms. The van der Waals surface area contributed by atoms with E-state index >= 15 is 0 Å². The molecule has 0 saturated carbocycles. The number of carbonyl (C=O) groups excluding carboxylic acids is 1. The van der Waals surface area contributed by atoms with E-state index in [4.69, 9.17) is 9.84 Å². The Morgan fingerprint density at radius 2 is 2.29 bits per heavy atom. The Labute approximate surface area is 125 Å². The summed E-state index contributed by atoms with van der Waals surface area (Å²) in [7, 11) is 2.02. The fraction of sp³-hybridized carbons (Fsp3) is 0.562. The summed E-state index contributed by atoms with van der Waals surface area (Å²) in [5.74, 6) is 1.36. The van der Waals surface area contributed by atoms with Gasteiger partial charge >= 0.3 is 0 Å². The van der Waals surface area contributed by atoms with Crippen molar-refractivity contribution in [1.29, 1.82) is 0 Å². The summed E-state index contributed by atoms with van der Waals surface area (Å²) in [5, 5.41) is 9.01. The SMILES string of the molecule is CN1CCOc2ccc(C(=O)N3CC[C@H](CCO)C3)cc21. The van der Waals surface area contributed by atoms with Gasteiger partial charge in [0, 0.05) is 32.3 Å². The lowest BCUT2D eigenvalue weighted by molar-refractivity contribution is 0.0784. The van der Waals surface area contributed by atoms with Crippen LogP contribution in [0.3, 0.4) is 0 Å². The van der Waals surface area contributed by atoms with Crippen LogP contribution < -0.4 is 9.64 Å². The lowest BCUT2D eigenvalue weighted by Gasteiger charge is -2.28. The van der Waals surface area contributed by atoms with Gasteiger partial charge in [0.05, 0.1) is 12.2 Å². The highest BCUT2D eigenvalue weighted by Gasteiger charge is 2.27. The number of anilines is 1. The highest BCUT2D eigenvalue weighted by atomic mass is 16.5. The van der Waals surface area contributed by atoms with E-state index in [-0.39, 0.29) is 12.5 Å². The molecule has 0 radical (unpaired) electrons. The topological polar surface area (TPSA) is 53.0 Å². The molecule has 0 bridgehead atoms. The highest BCUT2D eigenvalue weighted by molar-refractivity contribution is 5.96. The molecular formula is C16H22N2O3. The van der Waals surface area contributed by atoms with Crippen LogP contribution in [0.5, 0.6) is 5.75 Å². The maximum Gasteiger partial charge on any atom is 0.253 e. The number of carbonyl (C=O) groups is 1. The largest absolute Gasteiger partial charge is 0.490 e. The van der Waals surface area contributed by atoms with E-state index in [0.717, 1.165) is 49.5 Å². The quantitative estimate of drug-likeness (QED) is 0.913. The minimum absolute atomic E-state index is 0.0808. The van der Waals surface area contributed by atoms with Crippen molar-refractivity contribution in [1.82, 2.24) is 4.90 Å². The van der Waals surface area contributed by atoms with Crippen molar-refractivity contribution >= 4 is 11.6 Å². The van der Waals surface area contributed by atoms with Gasteiger partial charge in [-0.05, 0) is 37.0 Å². The van der Waals surface area contributed by atoms with Gasteiger partial charge in [0.1, 0.15) is 12.4 Å². The van der Waals surface area contributed by atoms with E-state index in [1.807, 2.05) is 30.1 Å². The number of nitrogens with zero attached hydrogens (tertiary/aromatic N) is 2. The zero-order valence-corrected chi connectivity index (χ0v) is 12.4. The van der Waals surface area contributed by atoms with Gasteiger partial charge in [-0.2, -0.15) is 0 Å². The first-order chi connectivity index (χ1) is 10.2. The number of rotatable bonds is 3. The molecule has 114 valence electrons. The van der Waals surface area contributed by atoms with E-state index in [0.29, 0.717) is 12.5 Å². The lowest BCUT2D eigenvalue weighted by Crippen LogP contribution is -2.31. The van der Waals surface area contributed by atoms with Crippen LogP contribution in [0.4, 0.5) is 5.69 Å². The monoisotopic (exact) mass is 290 g/mol. The summed E-state index contributed by atoms with van der Waals surface area (Å²) in [5.41, 5.74) is 1.70. The molecule has 3 rings (SSSR count). The number of aliphatic hydroxyl groups excluding tert-OH is 1. The Morgan fingerprint density at radius 1 is 1.43 bits per heavy atom. The number of likely N-dealkylation sites (tertiary alicyclic amines) is 1. The normalized spacial score (nSPS) is 21.1. The number of benzene rings is 1. The minimum Gasteiger partial charge on any atom is -0.490 e. The first kappa shape index (κ1) is 14.2. The van der Waals surface area contributed by atoms with Crippen LogP contribution in [0.1, 0.15) is 23.2 Å². The maximum absolute atomic E-state index is 12.6. The van der Waals surface area contributed by atoms with Gasteiger partial charge in [-0.1, -0.05) is 0 Å². The predicted octanol–water partition coefficient (Wildman–Crippen LogP) is 1.36. The van der Waals surface area contributed by atoms with Crippen molar-refractivity contribution in [3.8, 4) is 5.75 Å². The van der Waals surface area contributed by atoms with Crippen molar-refractivity contribution in [2.45, 2.75) is 12.8 Å². The van der Waals surface area contributed by atoms with Gasteiger partial charge in [0.15, 0.2) is 0 Å². The number of amides is 1. The van der Waals surface area contributed by atoms with Crippen LogP contribution in [0.25, 0.3) is 0 Å². The molecule has 2 aliphatic rings.